The van der Waals surface area contributed by atoms with E-state index in [4.69, 9.17) is 16.1 Å². The molecule has 1 saturated heterocycles. The molecule has 0 aromatic heterocycles. The highest BCUT2D eigenvalue weighted by atomic mass is 16.4. The number of rotatable bonds is 5. The Balaban J connectivity index is 0.000000304. The standard InChI is InChI=1S/C6H15N3.C4H4O4/c7-8-3-6-9-4-1-2-5-9;5-3(6)1-2-4(7)8/h8H,1-7H2;1-2H,(H,5,6)(H,7,8)/b;2-1-. The molecule has 0 radical (unpaired) electrons. The van der Waals surface area contributed by atoms with E-state index >= 15 is 0 Å². The second kappa shape index (κ2) is 9.76. The molecule has 0 aliphatic carbocycles. The maximum absolute atomic E-state index is 9.55. The molecule has 1 fully saturated rings. The fourth-order valence-electron chi connectivity index (χ4n) is 1.37. The molecule has 0 spiro atoms. The molecule has 0 unspecified atom stereocenters. The van der Waals surface area contributed by atoms with Gasteiger partial charge in [0.2, 0.25) is 0 Å². The topological polar surface area (TPSA) is 116 Å². The van der Waals surface area contributed by atoms with Gasteiger partial charge in [-0.2, -0.15) is 0 Å². The van der Waals surface area contributed by atoms with Gasteiger partial charge in [-0.3, -0.25) is 11.3 Å². The Bertz CT molecular complexity index is 246. The number of carboxylic acid groups (broad SMARTS) is 2. The molecule has 1 aliphatic heterocycles. The number of hydrogen-bond donors (Lipinski definition) is 4. The van der Waals surface area contributed by atoms with Crippen LogP contribution in [-0.2, 0) is 9.59 Å². The van der Waals surface area contributed by atoms with Crippen molar-refractivity contribution >= 4 is 11.9 Å². The van der Waals surface area contributed by atoms with E-state index in [1.165, 1.54) is 25.9 Å². The Labute approximate surface area is 99.9 Å². The first-order valence-electron chi connectivity index (χ1n) is 5.36. The van der Waals surface area contributed by atoms with Gasteiger partial charge in [0.15, 0.2) is 0 Å². The third kappa shape index (κ3) is 10.8. The van der Waals surface area contributed by atoms with Gasteiger partial charge in [-0.25, -0.2) is 9.59 Å². The lowest BCUT2D eigenvalue weighted by molar-refractivity contribution is -0.134. The van der Waals surface area contributed by atoms with E-state index in [0.29, 0.717) is 12.2 Å². The van der Waals surface area contributed by atoms with Gasteiger partial charge in [-0.15, -0.1) is 0 Å². The fourth-order valence-corrected chi connectivity index (χ4v) is 1.37. The smallest absolute Gasteiger partial charge is 0.328 e. The number of likely N-dealkylation sites (tertiary alicyclic amines) is 1. The molecular formula is C10H19N3O4. The van der Waals surface area contributed by atoms with Gasteiger partial charge in [0.25, 0.3) is 0 Å². The van der Waals surface area contributed by atoms with Gasteiger partial charge in [0.1, 0.15) is 0 Å². The molecule has 0 atom stereocenters. The van der Waals surface area contributed by atoms with Crippen LogP contribution in [0.25, 0.3) is 0 Å². The zero-order valence-corrected chi connectivity index (χ0v) is 9.63. The fraction of sp³-hybridized carbons (Fsp3) is 0.600. The van der Waals surface area contributed by atoms with Gasteiger partial charge in [0, 0.05) is 25.2 Å². The summed E-state index contributed by atoms with van der Waals surface area (Å²) in [5.41, 5.74) is 2.65. The van der Waals surface area contributed by atoms with Crippen LogP contribution in [0.4, 0.5) is 0 Å². The summed E-state index contributed by atoms with van der Waals surface area (Å²) in [7, 11) is 0. The molecule has 1 aliphatic rings. The van der Waals surface area contributed by atoms with Crippen LogP contribution in [0, 0.1) is 0 Å². The summed E-state index contributed by atoms with van der Waals surface area (Å²) in [5.74, 6) is 2.62. The minimum Gasteiger partial charge on any atom is -0.478 e. The van der Waals surface area contributed by atoms with Crippen molar-refractivity contribution in [3.8, 4) is 0 Å². The quantitative estimate of drug-likeness (QED) is 0.286. The number of carbonyl (C=O) groups is 2. The lowest BCUT2D eigenvalue weighted by atomic mass is 10.4. The first kappa shape index (κ1) is 15.6. The number of hydrazine groups is 1. The molecule has 0 saturated carbocycles. The van der Waals surface area contributed by atoms with E-state index in [1.54, 1.807) is 0 Å². The molecule has 5 N–H and O–H groups in total. The Kier molecular flexibility index (Phi) is 8.94. The number of hydrogen-bond acceptors (Lipinski definition) is 5. The van der Waals surface area contributed by atoms with E-state index in [-0.39, 0.29) is 0 Å². The Hall–Kier alpha value is -1.44. The number of nitrogens with two attached hydrogens (primary N) is 1. The molecule has 98 valence electrons. The van der Waals surface area contributed by atoms with E-state index in [1.807, 2.05) is 0 Å². The lowest BCUT2D eigenvalue weighted by Gasteiger charge is -2.12. The lowest BCUT2D eigenvalue weighted by Crippen LogP contribution is -2.33. The summed E-state index contributed by atoms with van der Waals surface area (Å²) in [6.45, 7) is 4.56. The maximum Gasteiger partial charge on any atom is 0.328 e. The van der Waals surface area contributed by atoms with Gasteiger partial charge in [-0.1, -0.05) is 0 Å². The van der Waals surface area contributed by atoms with Crippen molar-refractivity contribution in [2.75, 3.05) is 26.2 Å². The van der Waals surface area contributed by atoms with Crippen molar-refractivity contribution in [3.05, 3.63) is 12.2 Å². The average Bonchev–Trinajstić information content (AvgIpc) is 2.77. The Morgan fingerprint density at radius 1 is 1.18 bits per heavy atom. The van der Waals surface area contributed by atoms with Gasteiger partial charge >= 0.3 is 11.9 Å². The first-order valence-corrected chi connectivity index (χ1v) is 5.36. The number of nitrogens with zero attached hydrogens (tertiary/aromatic N) is 1. The summed E-state index contributed by atoms with van der Waals surface area (Å²) in [6.07, 6.45) is 3.85. The van der Waals surface area contributed by atoms with Crippen molar-refractivity contribution in [2.45, 2.75) is 12.8 Å². The average molecular weight is 245 g/mol. The van der Waals surface area contributed by atoms with Crippen LogP contribution < -0.4 is 11.3 Å². The summed E-state index contributed by atoms with van der Waals surface area (Å²) >= 11 is 0. The highest BCUT2D eigenvalue weighted by Gasteiger charge is 2.09. The summed E-state index contributed by atoms with van der Waals surface area (Å²) in [4.78, 5) is 21.5. The number of nitrogens with one attached hydrogen (secondary N) is 1. The molecule has 7 nitrogen and oxygen atoms in total. The van der Waals surface area contributed by atoms with Crippen molar-refractivity contribution < 1.29 is 19.8 Å². The molecule has 0 bridgehead atoms. The number of aliphatic carboxylic acids is 2. The van der Waals surface area contributed by atoms with Crippen LogP contribution in [0.3, 0.4) is 0 Å². The predicted octanol–water partition coefficient (Wildman–Crippen LogP) is -0.743. The number of carboxylic acids is 2. The second-order valence-corrected chi connectivity index (χ2v) is 3.51. The zero-order chi connectivity index (χ0) is 13.1. The monoisotopic (exact) mass is 245 g/mol. The van der Waals surface area contributed by atoms with Gasteiger partial charge in [-0.05, 0) is 25.9 Å². The van der Waals surface area contributed by atoms with Crippen LogP contribution in [0.15, 0.2) is 12.2 Å². The van der Waals surface area contributed by atoms with Crippen molar-refractivity contribution in [1.82, 2.24) is 10.3 Å². The largest absolute Gasteiger partial charge is 0.478 e. The maximum atomic E-state index is 9.55. The van der Waals surface area contributed by atoms with Gasteiger partial charge in [0.05, 0.1) is 0 Å². The molecule has 0 amide bonds. The minimum absolute atomic E-state index is 0.558. The summed E-state index contributed by atoms with van der Waals surface area (Å²) in [5, 5.41) is 15.6. The second-order valence-electron chi connectivity index (χ2n) is 3.51. The van der Waals surface area contributed by atoms with Crippen LogP contribution in [0.2, 0.25) is 0 Å². The molecule has 7 heteroatoms. The highest BCUT2D eigenvalue weighted by molar-refractivity contribution is 5.89. The summed E-state index contributed by atoms with van der Waals surface area (Å²) in [6, 6.07) is 0. The predicted molar refractivity (Wildman–Crippen MR) is 62.3 cm³/mol. The van der Waals surface area contributed by atoms with Crippen LogP contribution >= 0.6 is 0 Å². The van der Waals surface area contributed by atoms with Gasteiger partial charge < -0.3 is 15.1 Å². The molecule has 0 aromatic rings. The molecule has 1 heterocycles. The minimum atomic E-state index is -1.26. The van der Waals surface area contributed by atoms with Crippen LogP contribution in [0.1, 0.15) is 12.8 Å². The van der Waals surface area contributed by atoms with E-state index < -0.39 is 11.9 Å². The van der Waals surface area contributed by atoms with E-state index in [2.05, 4.69) is 10.3 Å². The highest BCUT2D eigenvalue weighted by Crippen LogP contribution is 2.04. The molecule has 0 aromatic carbocycles. The van der Waals surface area contributed by atoms with E-state index in [9.17, 15) is 9.59 Å². The zero-order valence-electron chi connectivity index (χ0n) is 9.63. The summed E-state index contributed by atoms with van der Waals surface area (Å²) < 4.78 is 0. The van der Waals surface area contributed by atoms with Crippen LogP contribution in [0.5, 0.6) is 0 Å². The molecular weight excluding hydrogens is 226 g/mol. The van der Waals surface area contributed by atoms with Crippen molar-refractivity contribution in [2.24, 2.45) is 5.84 Å². The first-order chi connectivity index (χ1) is 8.06. The molecule has 17 heavy (non-hydrogen) atoms. The SMILES string of the molecule is NNCCN1CCCC1.O=C(O)/C=C\C(=O)O. The third-order valence-electron chi connectivity index (χ3n) is 2.14. The Morgan fingerprint density at radius 3 is 2.00 bits per heavy atom. The Morgan fingerprint density at radius 2 is 1.65 bits per heavy atom. The van der Waals surface area contributed by atoms with Crippen molar-refractivity contribution in [3.63, 3.8) is 0 Å². The molecule has 1 rings (SSSR count). The van der Waals surface area contributed by atoms with Crippen LogP contribution in [-0.4, -0.2) is 53.2 Å². The van der Waals surface area contributed by atoms with Crippen molar-refractivity contribution in [1.29, 1.82) is 0 Å². The van der Waals surface area contributed by atoms with E-state index in [0.717, 1.165) is 13.1 Å². The normalized spacial score (nSPS) is 15.6. The third-order valence-corrected chi connectivity index (χ3v) is 2.14.